The molecule has 0 spiro atoms. The highest BCUT2D eigenvalue weighted by Crippen LogP contribution is 1.79. The Morgan fingerprint density at radius 1 is 1.78 bits per heavy atom. The number of carboxylic acid groups (broad SMARTS) is 1. The summed E-state index contributed by atoms with van der Waals surface area (Å²) in [5.41, 5.74) is 0. The van der Waals surface area contributed by atoms with Gasteiger partial charge in [-0.15, -0.1) is 0 Å². The van der Waals surface area contributed by atoms with Crippen LogP contribution in [0.4, 0.5) is 4.79 Å². The van der Waals surface area contributed by atoms with Gasteiger partial charge >= 0.3 is 7.41 Å². The zero-order chi connectivity index (χ0) is 6.69. The van der Waals surface area contributed by atoms with Crippen LogP contribution in [-0.4, -0.2) is 27.9 Å². The van der Waals surface area contributed by atoms with Crippen molar-refractivity contribution < 1.29 is 9.90 Å². The van der Waals surface area contributed by atoms with Crippen LogP contribution in [0.15, 0.2) is 18.7 Å². The monoisotopic (exact) mass is 124 g/mol. The van der Waals surface area contributed by atoms with Gasteiger partial charge < -0.3 is 9.58 Å². The minimum absolute atomic E-state index is 0.0139. The van der Waals surface area contributed by atoms with Gasteiger partial charge in [-0.1, -0.05) is 0 Å². The largest absolute Gasteiger partial charge is 0.488 e. The molecule has 4 nitrogen and oxygen atoms in total. The summed E-state index contributed by atoms with van der Waals surface area (Å²) in [6.45, 7) is 0. The van der Waals surface area contributed by atoms with Crippen LogP contribution >= 0.6 is 0 Å². The normalized spacial score (nSPS) is 8.89. The van der Waals surface area contributed by atoms with E-state index in [1.807, 2.05) is 0 Å². The number of nitrogens with zero attached hydrogens (tertiary/aromatic N) is 2. The molecule has 0 saturated carbocycles. The molecule has 0 atom stereocenters. The first-order valence-electron chi connectivity index (χ1n) is 2.46. The summed E-state index contributed by atoms with van der Waals surface area (Å²) < 4.78 is 1.49. The smallest absolute Gasteiger partial charge is 0.375 e. The molecule has 9 heavy (non-hydrogen) atoms. The van der Waals surface area contributed by atoms with Crippen molar-refractivity contribution in [3.63, 3.8) is 0 Å². The zero-order valence-corrected chi connectivity index (χ0v) is 4.69. The molecule has 0 bridgehead atoms. The first kappa shape index (κ1) is 5.87. The van der Waals surface area contributed by atoms with Crippen LogP contribution in [0.3, 0.4) is 0 Å². The molecule has 0 aromatic carbocycles. The molecule has 1 N–H and O–H groups in total. The van der Waals surface area contributed by atoms with Crippen LogP contribution in [-0.2, 0) is 0 Å². The number of carbonyl (C=O) groups is 1. The molecule has 0 aliphatic rings. The first-order chi connectivity index (χ1) is 4.29. The molecule has 5 heteroatoms. The van der Waals surface area contributed by atoms with E-state index in [-0.39, 0.29) is 7.41 Å². The number of aromatic nitrogens is 2. The van der Waals surface area contributed by atoms with Crippen LogP contribution in [0.1, 0.15) is 0 Å². The quantitative estimate of drug-likeness (QED) is 0.553. The van der Waals surface area contributed by atoms with Crippen molar-refractivity contribution >= 4 is 13.3 Å². The summed E-state index contributed by atoms with van der Waals surface area (Å²) >= 11 is 0. The van der Waals surface area contributed by atoms with E-state index >= 15 is 0 Å². The van der Waals surface area contributed by atoms with Gasteiger partial charge in [0.25, 0.3) is 5.87 Å². The van der Waals surface area contributed by atoms with Crippen molar-refractivity contribution in [2.24, 2.45) is 0 Å². The molecule has 0 unspecified atom stereocenters. The average Bonchev–Trinajstić information content (AvgIpc) is 2.15. The molecule has 1 heterocycles. The Balaban J connectivity index is 2.58. The SMILES string of the molecule is O=C(O)Bn1ccnc1. The summed E-state index contributed by atoms with van der Waals surface area (Å²) in [6.07, 6.45) is 4.62. The Bertz CT molecular complexity index is 196. The fourth-order valence-corrected chi connectivity index (χ4v) is 0.536. The molecule has 0 aliphatic heterocycles. The lowest BCUT2D eigenvalue weighted by atomic mass is 9.96. The number of rotatable bonds is 2. The minimum atomic E-state index is -0.854. The van der Waals surface area contributed by atoms with E-state index in [0.29, 0.717) is 0 Å². The van der Waals surface area contributed by atoms with Crippen LogP contribution in [0.5, 0.6) is 0 Å². The molecule has 0 fully saturated rings. The second-order valence-corrected chi connectivity index (χ2v) is 1.63. The Hall–Kier alpha value is -1.26. The highest BCUT2D eigenvalue weighted by Gasteiger charge is 2.00. The van der Waals surface area contributed by atoms with Crippen molar-refractivity contribution in [3.05, 3.63) is 18.7 Å². The highest BCUT2D eigenvalue weighted by atomic mass is 16.4. The van der Waals surface area contributed by atoms with Crippen LogP contribution in [0, 0.1) is 0 Å². The fraction of sp³-hybridized carbons (Fsp3) is 0. The van der Waals surface area contributed by atoms with E-state index in [1.54, 1.807) is 12.4 Å². The van der Waals surface area contributed by atoms with E-state index in [0.717, 1.165) is 0 Å². The van der Waals surface area contributed by atoms with Gasteiger partial charge in [-0.05, 0) is 0 Å². The molecule has 0 amide bonds. The number of hydrogen-bond donors (Lipinski definition) is 1. The first-order valence-corrected chi connectivity index (χ1v) is 2.46. The molecule has 46 valence electrons. The van der Waals surface area contributed by atoms with E-state index < -0.39 is 5.87 Å². The molecule has 0 radical (unpaired) electrons. The van der Waals surface area contributed by atoms with Crippen molar-refractivity contribution in [2.75, 3.05) is 0 Å². The summed E-state index contributed by atoms with van der Waals surface area (Å²) in [4.78, 5) is 13.7. The third kappa shape index (κ3) is 1.60. The van der Waals surface area contributed by atoms with Crippen molar-refractivity contribution in [1.82, 2.24) is 9.46 Å². The van der Waals surface area contributed by atoms with Crippen LogP contribution in [0.2, 0.25) is 0 Å². The van der Waals surface area contributed by atoms with Gasteiger partial charge in [-0.2, -0.15) is 0 Å². The maximum absolute atomic E-state index is 10.0. The predicted molar refractivity (Wildman–Crippen MR) is 32.8 cm³/mol. The maximum Gasteiger partial charge on any atom is 0.375 e. The number of imidazole rings is 1. The zero-order valence-electron chi connectivity index (χ0n) is 4.69. The van der Waals surface area contributed by atoms with Gasteiger partial charge in [0.1, 0.15) is 0 Å². The van der Waals surface area contributed by atoms with E-state index in [9.17, 15) is 4.79 Å². The molecule has 1 rings (SSSR count). The van der Waals surface area contributed by atoms with Gasteiger partial charge in [-0.25, -0.2) is 4.98 Å². The van der Waals surface area contributed by atoms with Crippen molar-refractivity contribution in [3.8, 4) is 0 Å². The van der Waals surface area contributed by atoms with Gasteiger partial charge in [-0.3, -0.25) is 4.79 Å². The summed E-state index contributed by atoms with van der Waals surface area (Å²) in [7, 11) is -0.0139. The Morgan fingerprint density at radius 2 is 2.56 bits per heavy atom. The predicted octanol–water partition coefficient (Wildman–Crippen LogP) is -0.239. The molecular weight excluding hydrogens is 119 g/mol. The Morgan fingerprint density at radius 3 is 3.00 bits per heavy atom. The molecule has 1 aromatic rings. The van der Waals surface area contributed by atoms with Gasteiger partial charge in [0.15, 0.2) is 0 Å². The fourth-order valence-electron chi connectivity index (χ4n) is 0.536. The highest BCUT2D eigenvalue weighted by molar-refractivity contribution is 6.70. The lowest BCUT2D eigenvalue weighted by molar-refractivity contribution is 0.219. The van der Waals surface area contributed by atoms with Crippen LogP contribution in [0.25, 0.3) is 0 Å². The maximum atomic E-state index is 10.0. The van der Waals surface area contributed by atoms with E-state index in [4.69, 9.17) is 5.11 Å². The average molecular weight is 124 g/mol. The lowest BCUT2D eigenvalue weighted by Crippen LogP contribution is -2.13. The van der Waals surface area contributed by atoms with Crippen LogP contribution < -0.4 is 0 Å². The van der Waals surface area contributed by atoms with Crippen molar-refractivity contribution in [2.45, 2.75) is 0 Å². The molecule has 0 saturated heterocycles. The lowest BCUT2D eigenvalue weighted by Gasteiger charge is -1.89. The molecular formula is C4H5BN2O2. The van der Waals surface area contributed by atoms with Gasteiger partial charge in [0.05, 0.1) is 6.33 Å². The third-order valence-corrected chi connectivity index (χ3v) is 0.877. The van der Waals surface area contributed by atoms with E-state index in [1.165, 1.54) is 10.8 Å². The molecule has 0 aliphatic carbocycles. The van der Waals surface area contributed by atoms with E-state index in [2.05, 4.69) is 4.98 Å². The number of hydrogen-bond acceptors (Lipinski definition) is 2. The standard InChI is InChI=1S/C4H5BN2O2/c8-4(9)5-7-2-1-6-3-7/h1-3,5H,(H,8,9). The molecule has 1 aromatic heterocycles. The summed E-state index contributed by atoms with van der Waals surface area (Å²) in [5, 5.41) is 8.24. The summed E-state index contributed by atoms with van der Waals surface area (Å²) in [6, 6.07) is 0. The Kier molecular flexibility index (Phi) is 1.53. The van der Waals surface area contributed by atoms with Gasteiger partial charge in [0.2, 0.25) is 0 Å². The Labute approximate surface area is 52.4 Å². The second-order valence-electron chi connectivity index (χ2n) is 1.63. The second kappa shape index (κ2) is 2.34. The van der Waals surface area contributed by atoms with Crippen molar-refractivity contribution in [1.29, 1.82) is 0 Å². The minimum Gasteiger partial charge on any atom is -0.488 e. The summed E-state index contributed by atoms with van der Waals surface area (Å²) in [5.74, 6) is -0.854. The topological polar surface area (TPSA) is 55.1 Å². The van der Waals surface area contributed by atoms with Gasteiger partial charge in [0, 0.05) is 12.4 Å². The third-order valence-electron chi connectivity index (χ3n) is 0.877.